The van der Waals surface area contributed by atoms with Gasteiger partial charge in [0.15, 0.2) is 0 Å². The van der Waals surface area contributed by atoms with Crippen molar-refractivity contribution in [2.45, 2.75) is 20.3 Å². The lowest BCUT2D eigenvalue weighted by molar-refractivity contribution is -0.119. The number of aryl methyl sites for hydroxylation is 1. The third kappa shape index (κ3) is 3.46. The van der Waals surface area contributed by atoms with Crippen molar-refractivity contribution in [1.82, 2.24) is 0 Å². The van der Waals surface area contributed by atoms with Crippen molar-refractivity contribution >= 4 is 11.6 Å². The summed E-state index contributed by atoms with van der Waals surface area (Å²) in [6.07, 6.45) is 0.733. The molecular formula is C13H20N2O2. The molecule has 0 aliphatic rings. The van der Waals surface area contributed by atoms with Gasteiger partial charge in [-0.15, -0.1) is 0 Å². The second-order valence-electron chi connectivity index (χ2n) is 4.03. The minimum absolute atomic E-state index is 0.0566. The molecule has 0 spiro atoms. The standard InChI is InChI=1S/C13H20N2O2/c1-4-10(8-14)13(16)15-11-7-9(2)5-6-12(11)17-3/h5-7,10H,4,8,14H2,1-3H3,(H,15,16). The van der Waals surface area contributed by atoms with Crippen LogP contribution in [-0.2, 0) is 4.79 Å². The quantitative estimate of drug-likeness (QED) is 0.821. The Bertz CT molecular complexity index is 387. The molecule has 0 aliphatic carbocycles. The topological polar surface area (TPSA) is 64.4 Å². The molecule has 3 N–H and O–H groups in total. The Morgan fingerprint density at radius 3 is 2.76 bits per heavy atom. The van der Waals surface area contributed by atoms with Crippen LogP contribution in [-0.4, -0.2) is 19.6 Å². The molecule has 4 nitrogen and oxygen atoms in total. The molecule has 0 aromatic heterocycles. The molecule has 4 heteroatoms. The van der Waals surface area contributed by atoms with Gasteiger partial charge in [0.25, 0.3) is 0 Å². The fraction of sp³-hybridized carbons (Fsp3) is 0.462. The summed E-state index contributed by atoms with van der Waals surface area (Å²) < 4.78 is 5.20. The third-order valence-electron chi connectivity index (χ3n) is 2.76. The van der Waals surface area contributed by atoms with E-state index in [1.165, 1.54) is 0 Å². The van der Waals surface area contributed by atoms with Gasteiger partial charge in [0.2, 0.25) is 5.91 Å². The smallest absolute Gasteiger partial charge is 0.228 e. The van der Waals surface area contributed by atoms with Crippen molar-refractivity contribution in [3.8, 4) is 5.75 Å². The molecule has 94 valence electrons. The van der Waals surface area contributed by atoms with E-state index in [4.69, 9.17) is 10.5 Å². The average molecular weight is 236 g/mol. The summed E-state index contributed by atoms with van der Waals surface area (Å²) in [6, 6.07) is 5.67. The minimum atomic E-state index is -0.153. The molecule has 0 aliphatic heterocycles. The van der Waals surface area contributed by atoms with E-state index >= 15 is 0 Å². The first kappa shape index (κ1) is 13.5. The van der Waals surface area contributed by atoms with Crippen LogP contribution < -0.4 is 15.8 Å². The van der Waals surface area contributed by atoms with Crippen LogP contribution in [0.1, 0.15) is 18.9 Å². The molecule has 1 rings (SSSR count). The monoisotopic (exact) mass is 236 g/mol. The Labute approximate surface area is 102 Å². The maximum absolute atomic E-state index is 11.9. The number of hydrogen-bond donors (Lipinski definition) is 2. The zero-order valence-electron chi connectivity index (χ0n) is 10.6. The van der Waals surface area contributed by atoms with E-state index in [1.807, 2.05) is 32.0 Å². The molecule has 0 bridgehead atoms. The highest BCUT2D eigenvalue weighted by molar-refractivity contribution is 5.94. The molecule has 17 heavy (non-hydrogen) atoms. The Morgan fingerprint density at radius 1 is 1.53 bits per heavy atom. The van der Waals surface area contributed by atoms with Crippen molar-refractivity contribution in [2.24, 2.45) is 11.7 Å². The van der Waals surface area contributed by atoms with Gasteiger partial charge in [0, 0.05) is 6.54 Å². The molecule has 0 saturated heterocycles. The largest absolute Gasteiger partial charge is 0.495 e. The van der Waals surface area contributed by atoms with E-state index in [-0.39, 0.29) is 11.8 Å². The van der Waals surface area contributed by atoms with Crippen LogP contribution in [0.25, 0.3) is 0 Å². The van der Waals surface area contributed by atoms with Crippen LogP contribution >= 0.6 is 0 Å². The number of methoxy groups -OCH3 is 1. The molecule has 0 radical (unpaired) electrons. The Morgan fingerprint density at radius 2 is 2.24 bits per heavy atom. The van der Waals surface area contributed by atoms with Gasteiger partial charge in [-0.25, -0.2) is 0 Å². The van der Waals surface area contributed by atoms with Crippen molar-refractivity contribution in [1.29, 1.82) is 0 Å². The summed E-state index contributed by atoms with van der Waals surface area (Å²) in [5.41, 5.74) is 7.32. The highest BCUT2D eigenvalue weighted by Gasteiger charge is 2.16. The summed E-state index contributed by atoms with van der Waals surface area (Å²) in [4.78, 5) is 11.9. The van der Waals surface area contributed by atoms with Gasteiger partial charge < -0.3 is 15.8 Å². The lowest BCUT2D eigenvalue weighted by Gasteiger charge is -2.15. The summed E-state index contributed by atoms with van der Waals surface area (Å²) >= 11 is 0. The molecule has 1 aromatic rings. The lowest BCUT2D eigenvalue weighted by atomic mass is 10.1. The number of carbonyl (C=O) groups excluding carboxylic acids is 1. The van der Waals surface area contributed by atoms with Gasteiger partial charge in [0.1, 0.15) is 5.75 Å². The zero-order valence-corrected chi connectivity index (χ0v) is 10.6. The van der Waals surface area contributed by atoms with Gasteiger partial charge in [0.05, 0.1) is 18.7 Å². The first-order chi connectivity index (χ1) is 8.12. The molecule has 0 fully saturated rings. The van der Waals surface area contributed by atoms with Crippen molar-refractivity contribution in [2.75, 3.05) is 19.0 Å². The van der Waals surface area contributed by atoms with Gasteiger partial charge in [-0.2, -0.15) is 0 Å². The molecule has 0 heterocycles. The number of hydrogen-bond acceptors (Lipinski definition) is 3. The highest BCUT2D eigenvalue weighted by Crippen LogP contribution is 2.25. The molecule has 0 saturated carbocycles. The zero-order chi connectivity index (χ0) is 12.8. The second kappa shape index (κ2) is 6.25. The van der Waals surface area contributed by atoms with E-state index in [2.05, 4.69) is 5.32 Å². The fourth-order valence-electron chi connectivity index (χ4n) is 1.61. The Kier molecular flexibility index (Phi) is 4.97. The highest BCUT2D eigenvalue weighted by atomic mass is 16.5. The van der Waals surface area contributed by atoms with E-state index in [0.29, 0.717) is 18.0 Å². The molecule has 1 unspecified atom stereocenters. The number of ether oxygens (including phenoxy) is 1. The average Bonchev–Trinajstić information content (AvgIpc) is 2.31. The van der Waals surface area contributed by atoms with Crippen LogP contribution in [0.3, 0.4) is 0 Å². The molecule has 1 atom stereocenters. The SMILES string of the molecule is CCC(CN)C(=O)Nc1cc(C)ccc1OC. The third-order valence-corrected chi connectivity index (χ3v) is 2.76. The van der Waals surface area contributed by atoms with Crippen LogP contribution in [0.2, 0.25) is 0 Å². The predicted octanol–water partition coefficient (Wildman–Crippen LogP) is 1.93. The number of rotatable bonds is 5. The van der Waals surface area contributed by atoms with E-state index in [9.17, 15) is 4.79 Å². The molecule has 1 aromatic carbocycles. The number of benzene rings is 1. The van der Waals surface area contributed by atoms with Crippen molar-refractivity contribution in [3.05, 3.63) is 23.8 Å². The molecule has 1 amide bonds. The van der Waals surface area contributed by atoms with Gasteiger partial charge in [-0.3, -0.25) is 4.79 Å². The second-order valence-corrected chi connectivity index (χ2v) is 4.03. The van der Waals surface area contributed by atoms with Gasteiger partial charge in [-0.1, -0.05) is 13.0 Å². The Hall–Kier alpha value is -1.55. The maximum atomic E-state index is 11.9. The van der Waals surface area contributed by atoms with E-state index < -0.39 is 0 Å². The number of carbonyl (C=O) groups is 1. The van der Waals surface area contributed by atoms with Crippen molar-refractivity contribution in [3.63, 3.8) is 0 Å². The van der Waals surface area contributed by atoms with Crippen LogP contribution in [0, 0.1) is 12.8 Å². The predicted molar refractivity (Wildman–Crippen MR) is 69.2 cm³/mol. The molecular weight excluding hydrogens is 216 g/mol. The maximum Gasteiger partial charge on any atom is 0.228 e. The lowest BCUT2D eigenvalue weighted by Crippen LogP contribution is -2.28. The number of amides is 1. The summed E-state index contributed by atoms with van der Waals surface area (Å²) in [6.45, 7) is 4.27. The first-order valence-electron chi connectivity index (χ1n) is 5.78. The summed E-state index contributed by atoms with van der Waals surface area (Å²) in [7, 11) is 1.58. The van der Waals surface area contributed by atoms with E-state index in [0.717, 1.165) is 12.0 Å². The number of anilines is 1. The van der Waals surface area contributed by atoms with Crippen molar-refractivity contribution < 1.29 is 9.53 Å². The summed E-state index contributed by atoms with van der Waals surface area (Å²) in [5, 5.41) is 2.86. The van der Waals surface area contributed by atoms with Crippen LogP contribution in [0.4, 0.5) is 5.69 Å². The Balaban J connectivity index is 2.86. The van der Waals surface area contributed by atoms with Crippen LogP contribution in [0.5, 0.6) is 5.75 Å². The van der Waals surface area contributed by atoms with Crippen LogP contribution in [0.15, 0.2) is 18.2 Å². The van der Waals surface area contributed by atoms with E-state index in [1.54, 1.807) is 7.11 Å². The normalized spacial score (nSPS) is 12.0. The summed E-state index contributed by atoms with van der Waals surface area (Å²) in [5.74, 6) is 0.454. The number of nitrogens with two attached hydrogens (primary N) is 1. The number of nitrogens with one attached hydrogen (secondary N) is 1. The first-order valence-corrected chi connectivity index (χ1v) is 5.78. The minimum Gasteiger partial charge on any atom is -0.495 e. The fourth-order valence-corrected chi connectivity index (χ4v) is 1.61. The van der Waals surface area contributed by atoms with Gasteiger partial charge in [-0.05, 0) is 31.0 Å². The van der Waals surface area contributed by atoms with Gasteiger partial charge >= 0.3 is 0 Å².